The summed E-state index contributed by atoms with van der Waals surface area (Å²) in [6, 6.07) is 4.91. The third kappa shape index (κ3) is 1.36. The Morgan fingerprint density at radius 2 is 1.93 bits per heavy atom. The highest BCUT2D eigenvalue weighted by Crippen LogP contribution is 2.18. The van der Waals surface area contributed by atoms with Gasteiger partial charge in [0.25, 0.3) is 0 Å². The zero-order valence-electron chi connectivity index (χ0n) is 7.65. The van der Waals surface area contributed by atoms with Crippen molar-refractivity contribution in [3.8, 4) is 5.75 Å². The first-order valence-electron chi connectivity index (χ1n) is 4.26. The number of nitrogens with one attached hydrogen (secondary N) is 1. The van der Waals surface area contributed by atoms with Crippen LogP contribution in [0.1, 0.15) is 5.69 Å². The molecule has 0 radical (unpaired) electrons. The molecule has 0 aliphatic carbocycles. The van der Waals surface area contributed by atoms with E-state index in [1.807, 2.05) is 13.0 Å². The lowest BCUT2D eigenvalue weighted by Gasteiger charge is -2.02. The molecule has 1 heterocycles. The number of benzene rings is 1. The fourth-order valence-electron chi connectivity index (χ4n) is 1.54. The maximum absolute atomic E-state index is 9.45. The first-order chi connectivity index (χ1) is 6.58. The fourth-order valence-corrected chi connectivity index (χ4v) is 1.54. The van der Waals surface area contributed by atoms with Crippen molar-refractivity contribution in [3.63, 3.8) is 0 Å². The van der Waals surface area contributed by atoms with Crippen molar-refractivity contribution in [2.75, 3.05) is 0 Å². The van der Waals surface area contributed by atoms with Gasteiger partial charge in [-0.3, -0.25) is 0 Å². The van der Waals surface area contributed by atoms with E-state index in [0.717, 1.165) is 16.6 Å². The smallest absolute Gasteiger partial charge is 0.492 e. The quantitative estimate of drug-likeness (QED) is 0.474. The summed E-state index contributed by atoms with van der Waals surface area (Å²) in [4.78, 5) is 3.04. The molecule has 72 valence electrons. The van der Waals surface area contributed by atoms with Crippen molar-refractivity contribution in [3.05, 3.63) is 23.9 Å². The maximum Gasteiger partial charge on any atom is 0.492 e. The number of aromatic nitrogens is 1. The van der Waals surface area contributed by atoms with Crippen molar-refractivity contribution in [2.24, 2.45) is 0 Å². The SMILES string of the molecule is Cc1cc2cc(B(O)O)c(O)cc2[nH]1. The number of aryl methyl sites for hydroxylation is 1. The molecule has 0 spiro atoms. The number of aromatic amines is 1. The van der Waals surface area contributed by atoms with E-state index in [-0.39, 0.29) is 11.2 Å². The zero-order chi connectivity index (χ0) is 10.3. The van der Waals surface area contributed by atoms with Gasteiger partial charge in [-0.25, -0.2) is 0 Å². The van der Waals surface area contributed by atoms with E-state index in [1.165, 1.54) is 6.07 Å². The zero-order valence-corrected chi connectivity index (χ0v) is 7.65. The molecule has 14 heavy (non-hydrogen) atoms. The molecule has 0 aliphatic heterocycles. The molecule has 0 bridgehead atoms. The fraction of sp³-hybridized carbons (Fsp3) is 0.111. The summed E-state index contributed by atoms with van der Waals surface area (Å²) in [5.74, 6) is -0.116. The van der Waals surface area contributed by atoms with Crippen LogP contribution in [0.5, 0.6) is 5.75 Å². The number of hydrogen-bond acceptors (Lipinski definition) is 3. The van der Waals surface area contributed by atoms with Crippen LogP contribution in [0.4, 0.5) is 0 Å². The Morgan fingerprint density at radius 3 is 2.57 bits per heavy atom. The summed E-state index contributed by atoms with van der Waals surface area (Å²) in [6.07, 6.45) is 0. The van der Waals surface area contributed by atoms with Gasteiger partial charge < -0.3 is 20.1 Å². The Bertz CT molecular complexity index is 478. The minimum Gasteiger partial charge on any atom is -0.508 e. The topological polar surface area (TPSA) is 76.5 Å². The van der Waals surface area contributed by atoms with Gasteiger partial charge in [0, 0.05) is 22.7 Å². The second-order valence-electron chi connectivity index (χ2n) is 3.32. The Labute approximate surface area is 81.0 Å². The van der Waals surface area contributed by atoms with Crippen molar-refractivity contribution >= 4 is 23.5 Å². The lowest BCUT2D eigenvalue weighted by atomic mass is 9.79. The third-order valence-corrected chi connectivity index (χ3v) is 2.18. The molecule has 2 aromatic rings. The summed E-state index contributed by atoms with van der Waals surface area (Å²) in [6.45, 7) is 1.89. The van der Waals surface area contributed by atoms with Gasteiger partial charge in [0.05, 0.1) is 0 Å². The van der Waals surface area contributed by atoms with E-state index >= 15 is 0 Å². The first-order valence-corrected chi connectivity index (χ1v) is 4.26. The van der Waals surface area contributed by atoms with Gasteiger partial charge in [0.2, 0.25) is 0 Å². The molecule has 0 saturated carbocycles. The summed E-state index contributed by atoms with van der Waals surface area (Å²) < 4.78 is 0. The molecule has 0 fully saturated rings. The lowest BCUT2D eigenvalue weighted by molar-refractivity contribution is 0.420. The molecule has 1 aromatic carbocycles. The molecule has 0 saturated heterocycles. The monoisotopic (exact) mass is 191 g/mol. The van der Waals surface area contributed by atoms with E-state index in [9.17, 15) is 5.11 Å². The highest BCUT2D eigenvalue weighted by atomic mass is 16.4. The van der Waals surface area contributed by atoms with Crippen molar-refractivity contribution < 1.29 is 15.2 Å². The number of rotatable bonds is 1. The maximum atomic E-state index is 9.45. The van der Waals surface area contributed by atoms with E-state index in [4.69, 9.17) is 10.0 Å². The number of phenols is 1. The van der Waals surface area contributed by atoms with Crippen molar-refractivity contribution in [2.45, 2.75) is 6.92 Å². The molecule has 0 amide bonds. The molecule has 4 nitrogen and oxygen atoms in total. The van der Waals surface area contributed by atoms with Gasteiger partial charge in [-0.1, -0.05) is 0 Å². The first kappa shape index (κ1) is 9.11. The molecular weight excluding hydrogens is 181 g/mol. The van der Waals surface area contributed by atoms with Crippen LogP contribution in [0.25, 0.3) is 10.9 Å². The van der Waals surface area contributed by atoms with Crippen LogP contribution in [0.15, 0.2) is 18.2 Å². The molecule has 0 unspecified atom stereocenters. The summed E-state index contributed by atoms with van der Waals surface area (Å²) in [5, 5.41) is 28.2. The molecule has 5 heteroatoms. The normalized spacial score (nSPS) is 10.8. The molecule has 0 aliphatic rings. The predicted molar refractivity (Wildman–Crippen MR) is 54.5 cm³/mol. The second-order valence-corrected chi connectivity index (χ2v) is 3.32. The van der Waals surface area contributed by atoms with Crippen molar-refractivity contribution in [1.82, 2.24) is 4.98 Å². The Morgan fingerprint density at radius 1 is 1.21 bits per heavy atom. The predicted octanol–water partition coefficient (Wildman–Crippen LogP) is -0.138. The minimum atomic E-state index is -1.64. The molecule has 4 N–H and O–H groups in total. The summed E-state index contributed by atoms with van der Waals surface area (Å²) in [7, 11) is -1.64. The van der Waals surface area contributed by atoms with E-state index < -0.39 is 7.12 Å². The van der Waals surface area contributed by atoms with Crippen LogP contribution in [0.2, 0.25) is 0 Å². The summed E-state index contributed by atoms with van der Waals surface area (Å²) >= 11 is 0. The highest BCUT2D eigenvalue weighted by Gasteiger charge is 2.17. The number of fused-ring (bicyclic) bond motifs is 1. The molecule has 0 atom stereocenters. The third-order valence-electron chi connectivity index (χ3n) is 2.18. The van der Waals surface area contributed by atoms with Gasteiger partial charge in [0.1, 0.15) is 5.75 Å². The van der Waals surface area contributed by atoms with Gasteiger partial charge >= 0.3 is 7.12 Å². The summed E-state index contributed by atoms with van der Waals surface area (Å²) in [5.41, 5.74) is 1.87. The van der Waals surface area contributed by atoms with Crippen LogP contribution in [-0.4, -0.2) is 27.3 Å². The van der Waals surface area contributed by atoms with Crippen LogP contribution >= 0.6 is 0 Å². The lowest BCUT2D eigenvalue weighted by Crippen LogP contribution is -2.29. The Balaban J connectivity index is 2.70. The Kier molecular flexibility index (Phi) is 1.98. The molecule has 1 aromatic heterocycles. The number of aromatic hydroxyl groups is 1. The Hall–Kier alpha value is -1.46. The van der Waals surface area contributed by atoms with Gasteiger partial charge in [-0.05, 0) is 24.4 Å². The minimum absolute atomic E-state index is 0.116. The van der Waals surface area contributed by atoms with Gasteiger partial charge in [-0.2, -0.15) is 0 Å². The average molecular weight is 191 g/mol. The van der Waals surface area contributed by atoms with Gasteiger partial charge in [0.15, 0.2) is 0 Å². The van der Waals surface area contributed by atoms with Crippen LogP contribution in [-0.2, 0) is 0 Å². The van der Waals surface area contributed by atoms with E-state index in [2.05, 4.69) is 4.98 Å². The van der Waals surface area contributed by atoms with Crippen molar-refractivity contribution in [1.29, 1.82) is 0 Å². The number of phenolic OH excluding ortho intramolecular Hbond substituents is 1. The average Bonchev–Trinajstić information content (AvgIpc) is 2.42. The van der Waals surface area contributed by atoms with E-state index in [1.54, 1.807) is 6.07 Å². The van der Waals surface area contributed by atoms with Gasteiger partial charge in [-0.15, -0.1) is 0 Å². The number of hydrogen-bond donors (Lipinski definition) is 4. The molecular formula is C9H10BNO3. The standard InChI is InChI=1S/C9H10BNO3/c1-5-2-6-3-7(10(13)14)9(12)4-8(6)11-5/h2-4,11-14H,1H3. The van der Waals surface area contributed by atoms with Crippen LogP contribution in [0, 0.1) is 6.92 Å². The van der Waals surface area contributed by atoms with Crippen LogP contribution in [0.3, 0.4) is 0 Å². The second kappa shape index (κ2) is 3.04. The van der Waals surface area contributed by atoms with Crippen LogP contribution < -0.4 is 5.46 Å². The molecule has 2 rings (SSSR count). The van der Waals surface area contributed by atoms with E-state index in [0.29, 0.717) is 0 Å². The highest BCUT2D eigenvalue weighted by molar-refractivity contribution is 6.60. The number of H-pyrrole nitrogens is 1. The largest absolute Gasteiger partial charge is 0.508 e.